The summed E-state index contributed by atoms with van der Waals surface area (Å²) in [5.41, 5.74) is 0.479. The van der Waals surface area contributed by atoms with Crippen LogP contribution in [-0.2, 0) is 0 Å². The Labute approximate surface area is 140 Å². The molecule has 0 amide bonds. The van der Waals surface area contributed by atoms with E-state index in [1.54, 1.807) is 6.92 Å². The van der Waals surface area contributed by atoms with Gasteiger partial charge >= 0.3 is 58.4 Å². The maximum absolute atomic E-state index is 11.9. The van der Waals surface area contributed by atoms with Crippen molar-refractivity contribution in [3.63, 3.8) is 0 Å². The molecule has 7 heteroatoms. The number of ether oxygens (including phenoxy) is 1. The van der Waals surface area contributed by atoms with Gasteiger partial charge in [0, 0.05) is 12.0 Å². The molecule has 0 fully saturated rings. The molecule has 0 heterocycles. The molecule has 0 unspecified atom stereocenters. The summed E-state index contributed by atoms with van der Waals surface area (Å²) in [6.07, 6.45) is 0.367. The molecule has 0 saturated heterocycles. The molecule has 88 valence electrons. The van der Waals surface area contributed by atoms with E-state index in [1.807, 2.05) is 0 Å². The van der Waals surface area contributed by atoms with Gasteiger partial charge in [0.1, 0.15) is 5.75 Å². The molecule has 0 aliphatic rings. The van der Waals surface area contributed by atoms with Crippen molar-refractivity contribution in [1.29, 1.82) is 0 Å². The molecule has 1 aromatic carbocycles. The fourth-order valence-corrected chi connectivity index (χ4v) is 1.13. The Bertz CT molecular complexity index is 365. The second kappa shape index (κ2) is 7.58. The molecular formula is C10H11BF3KO2. The van der Waals surface area contributed by atoms with Crippen molar-refractivity contribution >= 4 is 12.8 Å². The number of carbonyl (C=O) groups excluding carboxylic acids is 1. The molecule has 0 atom stereocenters. The Kier molecular flexibility index (Phi) is 7.66. The van der Waals surface area contributed by atoms with E-state index in [4.69, 9.17) is 0 Å². The third-order valence-corrected chi connectivity index (χ3v) is 1.94. The van der Waals surface area contributed by atoms with E-state index >= 15 is 0 Å². The number of hydrogen-bond acceptors (Lipinski definition) is 2. The average Bonchev–Trinajstić information content (AvgIpc) is 2.25. The van der Waals surface area contributed by atoms with E-state index in [9.17, 15) is 17.7 Å². The van der Waals surface area contributed by atoms with Gasteiger partial charge in [-0.05, 0) is 24.3 Å². The first-order valence-electron chi connectivity index (χ1n) is 4.89. The molecule has 0 spiro atoms. The minimum Gasteiger partial charge on any atom is -0.522 e. The predicted molar refractivity (Wildman–Crippen MR) is 55.6 cm³/mol. The van der Waals surface area contributed by atoms with Crippen molar-refractivity contribution in [3.8, 4) is 5.75 Å². The van der Waals surface area contributed by atoms with Crippen LogP contribution in [-0.4, -0.2) is 19.3 Å². The van der Waals surface area contributed by atoms with Gasteiger partial charge in [-0.15, -0.1) is 0 Å². The normalized spacial score (nSPS) is 10.6. The number of carbonyl (C=O) groups is 1. The first-order chi connectivity index (χ1) is 7.42. The van der Waals surface area contributed by atoms with Gasteiger partial charge in [-0.1, -0.05) is 6.92 Å². The summed E-state index contributed by atoms with van der Waals surface area (Å²) >= 11 is 0. The molecule has 0 saturated carbocycles. The Morgan fingerprint density at radius 1 is 1.24 bits per heavy atom. The Morgan fingerprint density at radius 2 is 1.76 bits per heavy atom. The molecule has 2 nitrogen and oxygen atoms in total. The van der Waals surface area contributed by atoms with Crippen molar-refractivity contribution in [3.05, 3.63) is 29.8 Å². The molecule has 0 aliphatic carbocycles. The average molecular weight is 270 g/mol. The summed E-state index contributed by atoms with van der Waals surface area (Å²) < 4.78 is 40.2. The number of rotatable bonds is 5. The van der Waals surface area contributed by atoms with Crippen molar-refractivity contribution < 1.29 is 73.9 Å². The third-order valence-electron chi connectivity index (χ3n) is 1.94. The van der Waals surface area contributed by atoms with Crippen molar-refractivity contribution in [2.75, 3.05) is 6.51 Å². The second-order valence-electron chi connectivity index (χ2n) is 3.32. The molecular weight excluding hydrogens is 259 g/mol. The van der Waals surface area contributed by atoms with Crippen LogP contribution in [0.5, 0.6) is 5.75 Å². The summed E-state index contributed by atoms with van der Waals surface area (Å²) in [4.78, 5) is 11.2. The van der Waals surface area contributed by atoms with E-state index in [0.717, 1.165) is 0 Å². The standard InChI is InChI=1S/C10H11BF3O2.K/c1-2-10(15)8-3-5-9(6-4-8)16-7-11(12,13)14;/h3-6H,2,7H2,1H3;/q-1;+1. The van der Waals surface area contributed by atoms with Gasteiger partial charge in [0.2, 0.25) is 0 Å². The van der Waals surface area contributed by atoms with Crippen LogP contribution >= 0.6 is 0 Å². The quantitative estimate of drug-likeness (QED) is 0.558. The maximum Gasteiger partial charge on any atom is 1.00 e. The molecule has 1 rings (SSSR count). The maximum atomic E-state index is 11.9. The smallest absolute Gasteiger partial charge is 0.522 e. The van der Waals surface area contributed by atoms with Gasteiger partial charge in [-0.3, -0.25) is 4.79 Å². The first kappa shape index (κ1) is 17.2. The number of Topliss-reactive ketones (excluding diaryl/α,β-unsaturated/α-hetero) is 1. The Morgan fingerprint density at radius 3 is 2.18 bits per heavy atom. The van der Waals surface area contributed by atoms with Gasteiger partial charge in [-0.25, -0.2) is 0 Å². The van der Waals surface area contributed by atoms with E-state index in [0.29, 0.717) is 12.0 Å². The number of hydrogen-bond donors (Lipinski definition) is 0. The molecule has 0 N–H and O–H groups in total. The molecule has 1 aromatic rings. The first-order valence-corrected chi connectivity index (χ1v) is 4.89. The minimum atomic E-state index is -4.94. The summed E-state index contributed by atoms with van der Waals surface area (Å²) in [5, 5.41) is 0. The predicted octanol–water partition coefficient (Wildman–Crippen LogP) is 0.0487. The van der Waals surface area contributed by atoms with Gasteiger partial charge < -0.3 is 17.7 Å². The van der Waals surface area contributed by atoms with Crippen molar-refractivity contribution in [1.82, 2.24) is 0 Å². The van der Waals surface area contributed by atoms with Gasteiger partial charge in [0.05, 0.1) is 6.51 Å². The number of benzene rings is 1. The fourth-order valence-electron chi connectivity index (χ4n) is 1.13. The summed E-state index contributed by atoms with van der Waals surface area (Å²) in [5.74, 6) is 0.0680. The molecule has 0 aromatic heterocycles. The van der Waals surface area contributed by atoms with E-state index in [2.05, 4.69) is 4.74 Å². The van der Waals surface area contributed by atoms with Crippen LogP contribution in [0.15, 0.2) is 24.3 Å². The Hall–Kier alpha value is 0.181. The van der Waals surface area contributed by atoms with Crippen LogP contribution in [0.1, 0.15) is 23.7 Å². The van der Waals surface area contributed by atoms with Crippen LogP contribution in [0.4, 0.5) is 12.9 Å². The van der Waals surface area contributed by atoms with Crippen LogP contribution in [0.3, 0.4) is 0 Å². The number of ketones is 1. The van der Waals surface area contributed by atoms with Crippen LogP contribution < -0.4 is 56.1 Å². The molecule has 0 aliphatic heterocycles. The summed E-state index contributed by atoms with van der Waals surface area (Å²) in [7, 11) is 0. The minimum absolute atomic E-state index is 0. The van der Waals surface area contributed by atoms with Crippen molar-refractivity contribution in [2.24, 2.45) is 0 Å². The zero-order valence-corrected chi connectivity index (χ0v) is 12.9. The zero-order valence-electron chi connectivity index (χ0n) is 9.75. The number of halogens is 3. The fraction of sp³-hybridized carbons (Fsp3) is 0.300. The van der Waals surface area contributed by atoms with Crippen molar-refractivity contribution in [2.45, 2.75) is 13.3 Å². The van der Waals surface area contributed by atoms with E-state index < -0.39 is 13.5 Å². The van der Waals surface area contributed by atoms with E-state index in [1.165, 1.54) is 24.3 Å². The Balaban J connectivity index is 0.00000256. The molecule has 0 radical (unpaired) electrons. The second-order valence-corrected chi connectivity index (χ2v) is 3.32. The molecule has 0 bridgehead atoms. The van der Waals surface area contributed by atoms with E-state index in [-0.39, 0.29) is 62.9 Å². The summed E-state index contributed by atoms with van der Waals surface area (Å²) in [6, 6.07) is 5.66. The third kappa shape index (κ3) is 6.61. The summed E-state index contributed by atoms with van der Waals surface area (Å²) in [6.45, 7) is -4.49. The largest absolute Gasteiger partial charge is 1.00 e. The molecule has 17 heavy (non-hydrogen) atoms. The van der Waals surface area contributed by atoms with Gasteiger partial charge in [0.15, 0.2) is 5.78 Å². The SMILES string of the molecule is CCC(=O)c1ccc(OC[B-](F)(F)F)cc1.[K+]. The van der Waals surface area contributed by atoms with Crippen LogP contribution in [0.25, 0.3) is 0 Å². The topological polar surface area (TPSA) is 26.3 Å². The van der Waals surface area contributed by atoms with Crippen LogP contribution in [0, 0.1) is 0 Å². The zero-order chi connectivity index (χ0) is 12.2. The van der Waals surface area contributed by atoms with Gasteiger partial charge in [-0.2, -0.15) is 0 Å². The van der Waals surface area contributed by atoms with Crippen LogP contribution in [0.2, 0.25) is 0 Å². The van der Waals surface area contributed by atoms with Gasteiger partial charge in [0.25, 0.3) is 0 Å². The monoisotopic (exact) mass is 270 g/mol.